The van der Waals surface area contributed by atoms with Crippen LogP contribution in [0.1, 0.15) is 20.3 Å². The van der Waals surface area contributed by atoms with E-state index in [0.717, 1.165) is 0 Å². The minimum absolute atomic E-state index is 0.0251. The van der Waals surface area contributed by atoms with Crippen molar-refractivity contribution >= 4 is 15.8 Å². The van der Waals surface area contributed by atoms with Gasteiger partial charge in [0.1, 0.15) is 9.84 Å². The minimum atomic E-state index is -2.93. The van der Waals surface area contributed by atoms with E-state index in [9.17, 15) is 13.2 Å². The molecule has 15 heavy (non-hydrogen) atoms. The first-order valence-corrected chi connectivity index (χ1v) is 6.88. The molecule has 0 aliphatic rings. The Hall–Kier alpha value is -0.620. The Morgan fingerprint density at radius 2 is 1.93 bits per heavy atom. The Kier molecular flexibility index (Phi) is 6.51. The summed E-state index contributed by atoms with van der Waals surface area (Å²) < 4.78 is 22.3. The lowest BCUT2D eigenvalue weighted by Gasteiger charge is -2.17. The van der Waals surface area contributed by atoms with Crippen molar-refractivity contribution in [2.75, 3.05) is 31.1 Å². The number of rotatable bonds is 8. The van der Waals surface area contributed by atoms with E-state index in [0.29, 0.717) is 19.5 Å². The van der Waals surface area contributed by atoms with Gasteiger partial charge in [0, 0.05) is 5.75 Å². The van der Waals surface area contributed by atoms with Crippen LogP contribution >= 0.6 is 0 Å². The smallest absolute Gasteiger partial charge is 0.317 e. The molecule has 5 nitrogen and oxygen atoms in total. The van der Waals surface area contributed by atoms with Gasteiger partial charge in [-0.25, -0.2) is 8.42 Å². The molecule has 0 aliphatic heterocycles. The second kappa shape index (κ2) is 6.79. The molecule has 0 saturated carbocycles. The molecule has 0 aromatic carbocycles. The van der Waals surface area contributed by atoms with Crippen LogP contribution in [0.4, 0.5) is 0 Å². The summed E-state index contributed by atoms with van der Waals surface area (Å²) in [5, 5.41) is 8.56. The van der Waals surface area contributed by atoms with E-state index in [1.807, 2.05) is 6.92 Å². The van der Waals surface area contributed by atoms with E-state index in [1.165, 1.54) is 0 Å². The molecule has 0 aliphatic carbocycles. The molecule has 0 bridgehead atoms. The summed E-state index contributed by atoms with van der Waals surface area (Å²) in [6.45, 7) is 4.59. The summed E-state index contributed by atoms with van der Waals surface area (Å²) in [6.07, 6.45) is 0.497. The van der Waals surface area contributed by atoms with Crippen molar-refractivity contribution < 1.29 is 18.3 Å². The highest BCUT2D eigenvalue weighted by Crippen LogP contribution is 1.97. The molecular formula is C9H19NO4S. The molecule has 0 rings (SSSR count). The van der Waals surface area contributed by atoms with Crippen LogP contribution in [0.15, 0.2) is 0 Å². The summed E-state index contributed by atoms with van der Waals surface area (Å²) >= 11 is 0. The molecule has 0 heterocycles. The van der Waals surface area contributed by atoms with E-state index in [2.05, 4.69) is 0 Å². The highest BCUT2D eigenvalue weighted by atomic mass is 32.2. The lowest BCUT2D eigenvalue weighted by atomic mass is 10.4. The Bertz CT molecular complexity index is 286. The van der Waals surface area contributed by atoms with Crippen LogP contribution in [-0.4, -0.2) is 55.5 Å². The number of hydrogen-bond donors (Lipinski definition) is 1. The average molecular weight is 237 g/mol. The molecule has 0 radical (unpaired) electrons. The Morgan fingerprint density at radius 1 is 1.33 bits per heavy atom. The van der Waals surface area contributed by atoms with Gasteiger partial charge in [0.15, 0.2) is 0 Å². The van der Waals surface area contributed by atoms with E-state index in [4.69, 9.17) is 5.11 Å². The Labute approximate surface area is 91.0 Å². The van der Waals surface area contributed by atoms with Crippen molar-refractivity contribution in [2.45, 2.75) is 20.3 Å². The summed E-state index contributed by atoms with van der Waals surface area (Å²) in [7, 11) is -2.93. The second-order valence-corrected chi connectivity index (χ2v) is 5.83. The minimum Gasteiger partial charge on any atom is -0.480 e. The van der Waals surface area contributed by atoms with Crippen molar-refractivity contribution in [3.63, 3.8) is 0 Å². The van der Waals surface area contributed by atoms with E-state index >= 15 is 0 Å². The first-order valence-electron chi connectivity index (χ1n) is 5.05. The Morgan fingerprint density at radius 3 is 2.33 bits per heavy atom. The molecule has 0 amide bonds. The van der Waals surface area contributed by atoms with Gasteiger partial charge in [-0.3, -0.25) is 9.69 Å². The summed E-state index contributed by atoms with van der Waals surface area (Å²) in [5.74, 6) is -0.590. The summed E-state index contributed by atoms with van der Waals surface area (Å²) in [6, 6.07) is 0. The molecule has 0 aromatic rings. The van der Waals surface area contributed by atoms with Crippen LogP contribution in [0, 0.1) is 0 Å². The van der Waals surface area contributed by atoms with Gasteiger partial charge in [-0.1, -0.05) is 13.8 Å². The topological polar surface area (TPSA) is 74.7 Å². The molecule has 0 unspecified atom stereocenters. The Balaban J connectivity index is 3.87. The van der Waals surface area contributed by atoms with Gasteiger partial charge in [-0.2, -0.15) is 0 Å². The second-order valence-electron chi connectivity index (χ2n) is 3.35. The SMILES string of the molecule is CCN(CCCS(=O)(=O)CC)CC(=O)O. The number of hydrogen-bond acceptors (Lipinski definition) is 4. The normalized spacial score (nSPS) is 11.9. The number of nitrogens with zero attached hydrogens (tertiary/aromatic N) is 1. The lowest BCUT2D eigenvalue weighted by Crippen LogP contribution is -2.31. The van der Waals surface area contributed by atoms with Gasteiger partial charge in [0.2, 0.25) is 0 Å². The lowest BCUT2D eigenvalue weighted by molar-refractivity contribution is -0.138. The fraction of sp³-hybridized carbons (Fsp3) is 0.889. The zero-order valence-corrected chi connectivity index (χ0v) is 10.1. The summed E-state index contributed by atoms with van der Waals surface area (Å²) in [5.41, 5.74) is 0. The van der Waals surface area contributed by atoms with E-state index < -0.39 is 15.8 Å². The maximum Gasteiger partial charge on any atom is 0.317 e. The summed E-state index contributed by atoms with van der Waals surface area (Å²) in [4.78, 5) is 12.1. The number of aliphatic carboxylic acids is 1. The zero-order chi connectivity index (χ0) is 11.9. The molecule has 0 spiro atoms. The molecule has 1 N–H and O–H groups in total. The third kappa shape index (κ3) is 7.33. The zero-order valence-electron chi connectivity index (χ0n) is 9.27. The molecule has 0 atom stereocenters. The highest BCUT2D eigenvalue weighted by molar-refractivity contribution is 7.91. The number of carboxylic acids is 1. The van der Waals surface area contributed by atoms with Crippen LogP contribution < -0.4 is 0 Å². The first kappa shape index (κ1) is 14.4. The average Bonchev–Trinajstić information content (AvgIpc) is 2.15. The maximum absolute atomic E-state index is 11.2. The van der Waals surface area contributed by atoms with Crippen molar-refractivity contribution in [3.8, 4) is 0 Å². The number of carbonyl (C=O) groups is 1. The van der Waals surface area contributed by atoms with Gasteiger partial charge in [0.25, 0.3) is 0 Å². The van der Waals surface area contributed by atoms with Crippen molar-refractivity contribution in [1.29, 1.82) is 0 Å². The first-order chi connectivity index (χ1) is 6.91. The number of sulfone groups is 1. The molecule has 6 heteroatoms. The van der Waals surface area contributed by atoms with Crippen LogP contribution in [0.2, 0.25) is 0 Å². The predicted octanol–water partition coefficient (Wildman–Crippen LogP) is 0.218. The molecule has 0 saturated heterocycles. The van der Waals surface area contributed by atoms with E-state index in [1.54, 1.807) is 11.8 Å². The predicted molar refractivity (Wildman–Crippen MR) is 58.7 cm³/mol. The fourth-order valence-corrected chi connectivity index (χ4v) is 2.05. The van der Waals surface area contributed by atoms with Crippen molar-refractivity contribution in [2.24, 2.45) is 0 Å². The third-order valence-corrected chi connectivity index (χ3v) is 3.97. The number of likely N-dealkylation sites (N-methyl/N-ethyl adjacent to an activating group) is 1. The maximum atomic E-state index is 11.2. The van der Waals surface area contributed by atoms with Crippen LogP contribution in [0.3, 0.4) is 0 Å². The van der Waals surface area contributed by atoms with Crippen molar-refractivity contribution in [1.82, 2.24) is 4.90 Å². The van der Waals surface area contributed by atoms with Crippen LogP contribution in [0.5, 0.6) is 0 Å². The standard InChI is InChI=1S/C9H19NO4S/c1-3-10(8-9(11)12)6-5-7-15(13,14)4-2/h3-8H2,1-2H3,(H,11,12). The molecule has 90 valence electrons. The van der Waals surface area contributed by atoms with Gasteiger partial charge in [0.05, 0.1) is 12.3 Å². The highest BCUT2D eigenvalue weighted by Gasteiger charge is 2.10. The molecular weight excluding hydrogens is 218 g/mol. The quantitative estimate of drug-likeness (QED) is 0.653. The molecule has 0 fully saturated rings. The third-order valence-electron chi connectivity index (χ3n) is 2.18. The largest absolute Gasteiger partial charge is 0.480 e. The van der Waals surface area contributed by atoms with Gasteiger partial charge < -0.3 is 5.11 Å². The van der Waals surface area contributed by atoms with E-state index in [-0.39, 0.29) is 18.1 Å². The fourth-order valence-electron chi connectivity index (χ4n) is 1.19. The van der Waals surface area contributed by atoms with Crippen LogP contribution in [0.25, 0.3) is 0 Å². The van der Waals surface area contributed by atoms with Gasteiger partial charge in [-0.05, 0) is 19.5 Å². The monoisotopic (exact) mass is 237 g/mol. The van der Waals surface area contributed by atoms with Crippen LogP contribution in [-0.2, 0) is 14.6 Å². The number of carboxylic acid groups (broad SMARTS) is 1. The van der Waals surface area contributed by atoms with Gasteiger partial charge >= 0.3 is 5.97 Å². The van der Waals surface area contributed by atoms with Crippen molar-refractivity contribution in [3.05, 3.63) is 0 Å². The van der Waals surface area contributed by atoms with Gasteiger partial charge in [-0.15, -0.1) is 0 Å². The molecule has 0 aromatic heterocycles.